The summed E-state index contributed by atoms with van der Waals surface area (Å²) in [5.41, 5.74) is 4.05. The summed E-state index contributed by atoms with van der Waals surface area (Å²) >= 11 is 0. The molecule has 2 aromatic heterocycles. The van der Waals surface area contributed by atoms with E-state index in [0.29, 0.717) is 13.1 Å². The Balaban J connectivity index is 1.45. The van der Waals surface area contributed by atoms with Gasteiger partial charge in [0, 0.05) is 36.4 Å². The Labute approximate surface area is 186 Å². The molecule has 32 heavy (non-hydrogen) atoms. The molecule has 0 bridgehead atoms. The summed E-state index contributed by atoms with van der Waals surface area (Å²) in [7, 11) is 0. The fourth-order valence-electron chi connectivity index (χ4n) is 4.24. The van der Waals surface area contributed by atoms with E-state index in [9.17, 15) is 4.79 Å². The molecule has 1 fully saturated rings. The van der Waals surface area contributed by atoms with Crippen molar-refractivity contribution in [2.75, 3.05) is 13.1 Å². The maximum Gasteiger partial charge on any atom is 0.246 e. The molecular weight excluding hydrogens is 400 g/mol. The average molecular weight is 425 g/mol. The molecular formula is C26H24N4O2. The fraction of sp³-hybridized carbons (Fsp3) is 0.192. The van der Waals surface area contributed by atoms with Gasteiger partial charge in [-0.3, -0.25) is 14.5 Å². The van der Waals surface area contributed by atoms with Crippen LogP contribution in [-0.4, -0.2) is 38.7 Å². The number of ether oxygens (including phenoxy) is 1. The van der Waals surface area contributed by atoms with E-state index in [4.69, 9.17) is 9.84 Å². The Morgan fingerprint density at radius 1 is 1.16 bits per heavy atom. The summed E-state index contributed by atoms with van der Waals surface area (Å²) in [4.78, 5) is 18.2. The Kier molecular flexibility index (Phi) is 5.19. The van der Waals surface area contributed by atoms with E-state index in [0.717, 1.165) is 45.6 Å². The van der Waals surface area contributed by atoms with Gasteiger partial charge in [0.25, 0.3) is 0 Å². The summed E-state index contributed by atoms with van der Waals surface area (Å²) in [6.45, 7) is 6.99. The molecule has 0 saturated carbocycles. The molecule has 6 heteroatoms. The maximum atomic E-state index is 12.0. The number of rotatable bonds is 5. The van der Waals surface area contributed by atoms with Gasteiger partial charge in [0.1, 0.15) is 17.2 Å². The Hall–Kier alpha value is -3.93. The lowest BCUT2D eigenvalue weighted by molar-refractivity contribution is -0.125. The first kappa shape index (κ1) is 20.0. The van der Waals surface area contributed by atoms with Crippen LogP contribution in [0.15, 0.2) is 79.6 Å². The number of hydrogen-bond donors (Lipinski definition) is 0. The van der Waals surface area contributed by atoms with Crippen LogP contribution in [0.4, 0.5) is 0 Å². The van der Waals surface area contributed by atoms with E-state index in [1.54, 1.807) is 6.20 Å². The molecule has 5 rings (SSSR count). The van der Waals surface area contributed by atoms with Crippen molar-refractivity contribution in [2.24, 2.45) is 0 Å². The third-order valence-electron chi connectivity index (χ3n) is 5.86. The molecule has 0 radical (unpaired) electrons. The number of aromatic nitrogens is 3. The number of carbonyl (C=O) groups excluding carboxylic acids is 1. The topological polar surface area (TPSA) is 60.2 Å². The first-order valence-corrected chi connectivity index (χ1v) is 10.7. The van der Waals surface area contributed by atoms with E-state index in [-0.39, 0.29) is 11.9 Å². The van der Waals surface area contributed by atoms with E-state index >= 15 is 0 Å². The Morgan fingerprint density at radius 2 is 2.00 bits per heavy atom. The zero-order chi connectivity index (χ0) is 22.1. The smallest absolute Gasteiger partial charge is 0.246 e. The van der Waals surface area contributed by atoms with Crippen LogP contribution in [0.3, 0.4) is 0 Å². The second-order valence-corrected chi connectivity index (χ2v) is 8.06. The van der Waals surface area contributed by atoms with Gasteiger partial charge < -0.3 is 9.64 Å². The van der Waals surface area contributed by atoms with Crippen molar-refractivity contribution in [1.82, 2.24) is 19.7 Å². The lowest BCUT2D eigenvalue weighted by atomic mass is 10.1. The predicted molar refractivity (Wildman–Crippen MR) is 125 cm³/mol. The number of fused-ring (bicyclic) bond motifs is 1. The van der Waals surface area contributed by atoms with Crippen molar-refractivity contribution in [2.45, 2.75) is 19.4 Å². The quantitative estimate of drug-likeness (QED) is 0.415. The molecule has 0 unspecified atom stereocenters. The molecule has 2 aromatic carbocycles. The molecule has 1 aliphatic heterocycles. The fourth-order valence-corrected chi connectivity index (χ4v) is 4.24. The van der Waals surface area contributed by atoms with Gasteiger partial charge in [-0.15, -0.1) is 0 Å². The van der Waals surface area contributed by atoms with Crippen molar-refractivity contribution < 1.29 is 9.53 Å². The summed E-state index contributed by atoms with van der Waals surface area (Å²) < 4.78 is 8.03. The number of benzene rings is 2. The largest absolute Gasteiger partial charge is 0.457 e. The van der Waals surface area contributed by atoms with Crippen LogP contribution < -0.4 is 4.74 Å². The van der Waals surface area contributed by atoms with Gasteiger partial charge >= 0.3 is 0 Å². The highest BCUT2D eigenvalue weighted by atomic mass is 16.5. The number of nitrogens with zero attached hydrogens (tertiary/aromatic N) is 4. The highest BCUT2D eigenvalue weighted by Gasteiger charge is 2.28. The van der Waals surface area contributed by atoms with Crippen molar-refractivity contribution in [3.05, 3.63) is 85.2 Å². The third kappa shape index (κ3) is 3.75. The number of hydrogen-bond acceptors (Lipinski definition) is 4. The highest BCUT2D eigenvalue weighted by molar-refractivity contribution is 5.93. The van der Waals surface area contributed by atoms with Crippen molar-refractivity contribution in [3.8, 4) is 22.8 Å². The monoisotopic (exact) mass is 424 g/mol. The van der Waals surface area contributed by atoms with Gasteiger partial charge in [-0.2, -0.15) is 5.10 Å². The lowest BCUT2D eigenvalue weighted by Crippen LogP contribution is -2.27. The molecule has 0 spiro atoms. The standard InChI is InChI=1S/C26H24N4O2/c1-3-25(31)29-14-12-20(17-29)30-24-11-13-27-16-23(24)26(28-30)19-7-9-21(10-8-19)32-22-6-4-5-18(2)15-22/h3-11,13,15-16,20H,1,12,14,17H2,2H3/t20-/m1/s1. The van der Waals surface area contributed by atoms with Gasteiger partial charge in [-0.05, 0) is 67.4 Å². The van der Waals surface area contributed by atoms with Crippen molar-refractivity contribution in [1.29, 1.82) is 0 Å². The minimum Gasteiger partial charge on any atom is -0.457 e. The van der Waals surface area contributed by atoms with Crippen LogP contribution in [0.1, 0.15) is 18.0 Å². The van der Waals surface area contributed by atoms with Crippen LogP contribution in [0, 0.1) is 6.92 Å². The van der Waals surface area contributed by atoms with E-state index < -0.39 is 0 Å². The lowest BCUT2D eigenvalue weighted by Gasteiger charge is -2.15. The first-order chi connectivity index (χ1) is 15.6. The molecule has 1 saturated heterocycles. The van der Waals surface area contributed by atoms with Crippen molar-refractivity contribution >= 4 is 16.8 Å². The highest BCUT2D eigenvalue weighted by Crippen LogP contribution is 2.33. The second kappa shape index (κ2) is 8.30. The van der Waals surface area contributed by atoms with E-state index in [1.165, 1.54) is 6.08 Å². The average Bonchev–Trinajstić information content (AvgIpc) is 3.44. The second-order valence-electron chi connectivity index (χ2n) is 8.06. The SMILES string of the molecule is C=CC(=O)N1CC[C@@H](n2nc(-c3ccc(Oc4cccc(C)c4)cc3)c3cnccc32)C1. The molecule has 3 heterocycles. The molecule has 1 aliphatic rings. The van der Waals surface area contributed by atoms with E-state index in [2.05, 4.69) is 11.6 Å². The Morgan fingerprint density at radius 3 is 2.78 bits per heavy atom. The summed E-state index contributed by atoms with van der Waals surface area (Å²) in [5, 5.41) is 5.95. The third-order valence-corrected chi connectivity index (χ3v) is 5.86. The van der Waals surface area contributed by atoms with Gasteiger partial charge in [0.2, 0.25) is 5.91 Å². The maximum absolute atomic E-state index is 12.0. The molecule has 6 nitrogen and oxygen atoms in total. The van der Waals surface area contributed by atoms with Gasteiger partial charge in [0.15, 0.2) is 0 Å². The predicted octanol–water partition coefficient (Wildman–Crippen LogP) is 5.16. The molecule has 0 N–H and O–H groups in total. The number of likely N-dealkylation sites (tertiary alicyclic amines) is 1. The molecule has 4 aromatic rings. The van der Waals surface area contributed by atoms with Crippen molar-refractivity contribution in [3.63, 3.8) is 0 Å². The van der Waals surface area contributed by atoms with Crippen LogP contribution in [0.2, 0.25) is 0 Å². The van der Waals surface area contributed by atoms with Gasteiger partial charge in [-0.1, -0.05) is 18.7 Å². The molecule has 1 atom stereocenters. The number of amides is 1. The zero-order valence-electron chi connectivity index (χ0n) is 17.9. The normalized spacial score (nSPS) is 15.8. The zero-order valence-corrected chi connectivity index (χ0v) is 17.9. The van der Waals surface area contributed by atoms with Gasteiger partial charge in [-0.25, -0.2) is 0 Å². The number of carbonyl (C=O) groups is 1. The minimum atomic E-state index is -0.0324. The number of aryl methyl sites for hydroxylation is 1. The minimum absolute atomic E-state index is 0.0324. The summed E-state index contributed by atoms with van der Waals surface area (Å²) in [5.74, 6) is 1.56. The van der Waals surface area contributed by atoms with Crippen LogP contribution in [-0.2, 0) is 4.79 Å². The van der Waals surface area contributed by atoms with E-state index in [1.807, 2.05) is 77.3 Å². The summed E-state index contributed by atoms with van der Waals surface area (Å²) in [6.07, 6.45) is 5.87. The number of pyridine rings is 1. The molecule has 160 valence electrons. The molecule has 1 amide bonds. The first-order valence-electron chi connectivity index (χ1n) is 10.7. The van der Waals surface area contributed by atoms with Gasteiger partial charge in [0.05, 0.1) is 11.6 Å². The molecule has 0 aliphatic carbocycles. The Bertz CT molecular complexity index is 1290. The van der Waals surface area contributed by atoms with Crippen LogP contribution in [0.5, 0.6) is 11.5 Å². The summed E-state index contributed by atoms with van der Waals surface area (Å²) in [6, 6.07) is 18.1. The van der Waals surface area contributed by atoms with Crippen LogP contribution in [0.25, 0.3) is 22.2 Å². The van der Waals surface area contributed by atoms with Crippen LogP contribution >= 0.6 is 0 Å².